The van der Waals surface area contributed by atoms with Crippen molar-refractivity contribution in [1.82, 2.24) is 0 Å². The number of rotatable bonds is 7. The number of esters is 1. The van der Waals surface area contributed by atoms with E-state index in [1.807, 2.05) is 38.1 Å². The number of halogens is 1. The van der Waals surface area contributed by atoms with E-state index in [0.717, 1.165) is 38.5 Å². The topological polar surface area (TPSA) is 81.4 Å². The number of fused-ring (bicyclic) bond motifs is 1. The molecule has 0 bridgehead atoms. The molecule has 0 aliphatic carbocycles. The molecule has 2 aliphatic heterocycles. The molecule has 1 spiro atoms. The number of thiophene rings is 1. The summed E-state index contributed by atoms with van der Waals surface area (Å²) in [6, 6.07) is 17.5. The first kappa shape index (κ1) is 27.1. The summed E-state index contributed by atoms with van der Waals surface area (Å²) in [6.07, 6.45) is 0. The van der Waals surface area contributed by atoms with Crippen LogP contribution >= 0.6 is 11.3 Å². The molecule has 2 aliphatic rings. The van der Waals surface area contributed by atoms with Gasteiger partial charge in [0.2, 0.25) is 0 Å². The summed E-state index contributed by atoms with van der Waals surface area (Å²) in [4.78, 5) is 14.2. The van der Waals surface area contributed by atoms with E-state index in [1.54, 1.807) is 31.4 Å². The molecule has 4 aromatic rings. The molecule has 2 N–H and O–H groups in total. The van der Waals surface area contributed by atoms with Gasteiger partial charge in [-0.3, -0.25) is 0 Å². The number of hydrogen-bond donors (Lipinski definition) is 2. The molecule has 0 saturated carbocycles. The summed E-state index contributed by atoms with van der Waals surface area (Å²) >= 11 is 1.38. The van der Waals surface area contributed by atoms with Gasteiger partial charge in [-0.05, 0) is 75.2 Å². The van der Waals surface area contributed by atoms with Crippen LogP contribution in [0.1, 0.15) is 39.5 Å². The predicted molar refractivity (Wildman–Crippen MR) is 158 cm³/mol. The second-order valence-electron chi connectivity index (χ2n) is 10.9. The van der Waals surface area contributed by atoms with E-state index in [0.29, 0.717) is 28.7 Å². The van der Waals surface area contributed by atoms with Gasteiger partial charge in [0.1, 0.15) is 34.5 Å². The quantitative estimate of drug-likeness (QED) is 0.136. The van der Waals surface area contributed by atoms with Crippen molar-refractivity contribution < 1.29 is 28.1 Å². The van der Waals surface area contributed by atoms with Gasteiger partial charge in [-0.25, -0.2) is 9.18 Å². The van der Waals surface area contributed by atoms with Gasteiger partial charge in [0.05, 0.1) is 30.6 Å². The van der Waals surface area contributed by atoms with E-state index < -0.39 is 11.7 Å². The maximum absolute atomic E-state index is 14.1. The largest absolute Gasteiger partial charge is 0.496 e. The summed E-state index contributed by atoms with van der Waals surface area (Å²) in [6.45, 7) is 8.73. The van der Waals surface area contributed by atoms with Crippen LogP contribution in [-0.4, -0.2) is 30.9 Å². The van der Waals surface area contributed by atoms with Crippen LogP contribution in [0.5, 0.6) is 17.2 Å². The lowest BCUT2D eigenvalue weighted by atomic mass is 9.88. The number of hydrogen-bond acceptors (Lipinski definition) is 8. The van der Waals surface area contributed by atoms with Crippen LogP contribution in [0.15, 0.2) is 60.7 Å². The molecule has 0 radical (unpaired) electrons. The third-order valence-electron chi connectivity index (χ3n) is 7.67. The molecule has 7 nitrogen and oxygen atoms in total. The van der Waals surface area contributed by atoms with Gasteiger partial charge in [-0.2, -0.15) is 0 Å². The Balaban J connectivity index is 1.39. The number of methoxy groups -OCH3 is 1. The lowest BCUT2D eigenvalue weighted by Gasteiger charge is -2.41. The Labute approximate surface area is 242 Å². The summed E-state index contributed by atoms with van der Waals surface area (Å²) in [5.41, 5.74) is 4.18. The molecular formula is C32H31FN2O5S. The van der Waals surface area contributed by atoms with Crippen LogP contribution in [0.2, 0.25) is 0 Å². The molecule has 1 atom stereocenters. The molecule has 1 aromatic heterocycles. The summed E-state index contributed by atoms with van der Waals surface area (Å²) in [5.74, 6) is 0.589. The molecule has 6 rings (SSSR count). The van der Waals surface area contributed by atoms with E-state index in [4.69, 9.17) is 18.9 Å². The molecule has 41 heavy (non-hydrogen) atoms. The fraction of sp³-hybridized carbons (Fsp3) is 0.281. The minimum Gasteiger partial charge on any atom is -0.496 e. The van der Waals surface area contributed by atoms with Crippen molar-refractivity contribution in [3.05, 3.63) is 87.4 Å². The lowest BCUT2D eigenvalue weighted by Crippen LogP contribution is -2.54. The van der Waals surface area contributed by atoms with E-state index in [-0.39, 0.29) is 18.0 Å². The van der Waals surface area contributed by atoms with Gasteiger partial charge in [-0.15, -0.1) is 11.3 Å². The van der Waals surface area contributed by atoms with Crippen LogP contribution in [-0.2, 0) is 11.3 Å². The van der Waals surface area contributed by atoms with Gasteiger partial charge >= 0.3 is 5.97 Å². The van der Waals surface area contributed by atoms with Crippen molar-refractivity contribution in [3.63, 3.8) is 0 Å². The van der Waals surface area contributed by atoms with E-state index in [2.05, 4.69) is 24.5 Å². The smallest absolute Gasteiger partial charge is 0.353 e. The number of ether oxygens (including phenoxy) is 4. The number of carbonyl (C=O) groups is 1. The Morgan fingerprint density at radius 2 is 1.78 bits per heavy atom. The van der Waals surface area contributed by atoms with Crippen molar-refractivity contribution >= 4 is 28.7 Å². The number of nitrogens with one attached hydrogen (secondary N) is 2. The molecular weight excluding hydrogens is 543 g/mol. The van der Waals surface area contributed by atoms with Gasteiger partial charge in [0.25, 0.3) is 0 Å². The molecule has 0 amide bonds. The summed E-state index contributed by atoms with van der Waals surface area (Å²) < 4.78 is 37.6. The highest BCUT2D eigenvalue weighted by Crippen LogP contribution is 2.50. The van der Waals surface area contributed by atoms with Crippen molar-refractivity contribution in [2.75, 3.05) is 24.4 Å². The molecule has 3 heterocycles. The van der Waals surface area contributed by atoms with Gasteiger partial charge in [0, 0.05) is 28.1 Å². The summed E-state index contributed by atoms with van der Waals surface area (Å²) in [7, 11) is 1.58. The molecule has 9 heteroatoms. The highest BCUT2D eigenvalue weighted by molar-refractivity contribution is 7.13. The Hall–Kier alpha value is -4.08. The van der Waals surface area contributed by atoms with Crippen LogP contribution < -0.4 is 24.8 Å². The van der Waals surface area contributed by atoms with Gasteiger partial charge < -0.3 is 29.6 Å². The van der Waals surface area contributed by atoms with Crippen molar-refractivity contribution in [3.8, 4) is 28.4 Å². The zero-order valence-electron chi connectivity index (χ0n) is 23.5. The molecule has 1 unspecified atom stereocenters. The normalized spacial score (nSPS) is 18.2. The Morgan fingerprint density at radius 1 is 1.00 bits per heavy atom. The lowest BCUT2D eigenvalue weighted by molar-refractivity contribution is 0.0739. The first-order chi connectivity index (χ1) is 19.6. The number of aryl methyl sites for hydroxylation is 2. The molecule has 212 valence electrons. The zero-order chi connectivity index (χ0) is 28.9. The van der Waals surface area contributed by atoms with E-state index in [1.165, 1.54) is 23.5 Å². The molecule has 1 saturated heterocycles. The first-order valence-corrected chi connectivity index (χ1v) is 14.1. The highest BCUT2D eigenvalue weighted by Gasteiger charge is 2.60. The highest BCUT2D eigenvalue weighted by atomic mass is 32.1. The third-order valence-corrected chi connectivity index (χ3v) is 8.65. The van der Waals surface area contributed by atoms with Crippen LogP contribution in [0.4, 0.5) is 15.8 Å². The summed E-state index contributed by atoms with van der Waals surface area (Å²) in [5, 5.41) is 7.24. The first-order valence-electron chi connectivity index (χ1n) is 13.3. The number of anilines is 2. The maximum atomic E-state index is 14.1. The Morgan fingerprint density at radius 3 is 2.49 bits per heavy atom. The van der Waals surface area contributed by atoms with E-state index >= 15 is 0 Å². The minimum atomic E-state index is -0.551. The van der Waals surface area contributed by atoms with Crippen molar-refractivity contribution in [2.45, 2.75) is 45.6 Å². The zero-order valence-corrected chi connectivity index (χ0v) is 24.3. The SMILES string of the molecule is COc1cc(OC(=O)c2ccc(C)s2)ccc1-c1ccc2c(c1COc1cc(F)ccc1C)NC1(CO1)C(C)(C)N2. The molecule has 1 fully saturated rings. The average Bonchev–Trinajstić information content (AvgIpc) is 3.60. The molecule has 3 aromatic carbocycles. The third kappa shape index (κ3) is 5.00. The maximum Gasteiger partial charge on any atom is 0.353 e. The van der Waals surface area contributed by atoms with Gasteiger partial charge in [0.15, 0.2) is 5.72 Å². The fourth-order valence-corrected chi connectivity index (χ4v) is 5.88. The van der Waals surface area contributed by atoms with Crippen LogP contribution in [0.25, 0.3) is 11.1 Å². The number of epoxide rings is 1. The van der Waals surface area contributed by atoms with Crippen molar-refractivity contribution in [2.24, 2.45) is 0 Å². The number of benzene rings is 3. The predicted octanol–water partition coefficient (Wildman–Crippen LogP) is 7.32. The second kappa shape index (κ2) is 10.1. The standard InChI is InChI=1S/C32H31FN2O5S/c1-18-6-8-20(33)14-26(18)38-16-24-22(11-12-25-29(24)35-32(17-39-32)31(3,4)34-25)23-10-9-21(15-27(23)37-5)40-30(36)28-13-7-19(2)41-28/h6-15,34-35H,16-17H2,1-5H3. The number of carbonyl (C=O) groups excluding carboxylic acids is 1. The van der Waals surface area contributed by atoms with Crippen LogP contribution in [0.3, 0.4) is 0 Å². The minimum absolute atomic E-state index is 0.158. The monoisotopic (exact) mass is 574 g/mol. The van der Waals surface area contributed by atoms with Crippen molar-refractivity contribution in [1.29, 1.82) is 0 Å². The Kier molecular flexibility index (Phi) is 6.66. The van der Waals surface area contributed by atoms with Crippen LogP contribution in [0, 0.1) is 19.7 Å². The second-order valence-corrected chi connectivity index (χ2v) is 12.2. The van der Waals surface area contributed by atoms with E-state index in [9.17, 15) is 9.18 Å². The average molecular weight is 575 g/mol. The fourth-order valence-electron chi connectivity index (χ4n) is 5.14. The van der Waals surface area contributed by atoms with Gasteiger partial charge in [-0.1, -0.05) is 12.1 Å². The Bertz CT molecular complexity index is 1660.